The highest BCUT2D eigenvalue weighted by molar-refractivity contribution is 5.89. The molecule has 0 spiro atoms. The minimum atomic E-state index is -1.34. The van der Waals surface area contributed by atoms with E-state index in [9.17, 15) is 15.0 Å². The second-order valence-corrected chi connectivity index (χ2v) is 8.92. The lowest BCUT2D eigenvalue weighted by Gasteiger charge is -2.44. The van der Waals surface area contributed by atoms with Gasteiger partial charge in [-0.3, -0.25) is 4.79 Å². The highest BCUT2D eigenvalue weighted by Gasteiger charge is 2.70. The summed E-state index contributed by atoms with van der Waals surface area (Å²) in [5, 5.41) is 21.6. The molecule has 0 unspecified atom stereocenters. The van der Waals surface area contributed by atoms with Crippen LogP contribution >= 0.6 is 0 Å². The van der Waals surface area contributed by atoms with Crippen molar-refractivity contribution in [3.05, 3.63) is 0 Å². The molecule has 1 aliphatic heterocycles. The van der Waals surface area contributed by atoms with E-state index in [0.29, 0.717) is 12.3 Å². The summed E-state index contributed by atoms with van der Waals surface area (Å²) in [6, 6.07) is 0. The number of hydrogen-bond donors (Lipinski definition) is 2. The lowest BCUT2D eigenvalue weighted by atomic mass is 9.62. The number of carbonyl (C=O) groups excluding carboxylic acids is 1. The largest absolute Gasteiger partial charge is 0.390 e. The van der Waals surface area contributed by atoms with Gasteiger partial charge in [0.25, 0.3) is 0 Å². The summed E-state index contributed by atoms with van der Waals surface area (Å²) in [5.74, 6) is -0.619. The predicted octanol–water partition coefficient (Wildman–Crippen LogP) is 2.04. The monoisotopic (exact) mass is 326 g/mol. The van der Waals surface area contributed by atoms with E-state index in [2.05, 4.69) is 13.8 Å². The number of ketones is 1. The molecule has 2 bridgehead atoms. The number of rotatable bonds is 4. The highest BCUT2D eigenvalue weighted by atomic mass is 16.7. The molecule has 0 aromatic rings. The van der Waals surface area contributed by atoms with E-state index >= 15 is 0 Å². The van der Waals surface area contributed by atoms with E-state index in [4.69, 9.17) is 9.47 Å². The average Bonchev–Trinajstić information content (AvgIpc) is 2.96. The van der Waals surface area contributed by atoms with Crippen molar-refractivity contribution in [1.82, 2.24) is 0 Å². The van der Waals surface area contributed by atoms with Gasteiger partial charge in [0.05, 0.1) is 12.7 Å². The van der Waals surface area contributed by atoms with Crippen LogP contribution < -0.4 is 0 Å². The van der Waals surface area contributed by atoms with Crippen LogP contribution in [0, 0.1) is 16.7 Å². The van der Waals surface area contributed by atoms with Crippen LogP contribution in [0.2, 0.25) is 0 Å². The molecule has 2 aliphatic carbocycles. The third-order valence-electron chi connectivity index (χ3n) is 7.21. The van der Waals surface area contributed by atoms with Crippen molar-refractivity contribution < 1.29 is 24.5 Å². The Hall–Kier alpha value is -0.490. The van der Waals surface area contributed by atoms with Gasteiger partial charge in [0, 0.05) is 11.8 Å². The fourth-order valence-corrected chi connectivity index (χ4v) is 5.09. The van der Waals surface area contributed by atoms with Crippen molar-refractivity contribution in [3.8, 4) is 0 Å². The number of aliphatic hydroxyl groups excluding tert-OH is 1. The minimum Gasteiger partial charge on any atom is -0.390 e. The van der Waals surface area contributed by atoms with Gasteiger partial charge in [-0.25, -0.2) is 0 Å². The van der Waals surface area contributed by atoms with Crippen LogP contribution in [0.5, 0.6) is 0 Å². The number of Topliss-reactive ketones (excluding diaryl/α,β-unsaturated/α-hetero) is 1. The first kappa shape index (κ1) is 17.3. The summed E-state index contributed by atoms with van der Waals surface area (Å²) in [6.07, 6.45) is 0.888. The normalized spacial score (nSPS) is 45.3. The topological polar surface area (TPSA) is 76.0 Å². The molecule has 0 amide bonds. The van der Waals surface area contributed by atoms with Gasteiger partial charge in [-0.15, -0.1) is 0 Å². The summed E-state index contributed by atoms with van der Waals surface area (Å²) in [4.78, 5) is 12.9. The molecule has 0 aromatic heterocycles. The maximum atomic E-state index is 12.9. The quantitative estimate of drug-likeness (QED) is 0.827. The molecule has 5 heteroatoms. The van der Waals surface area contributed by atoms with Crippen molar-refractivity contribution >= 4 is 5.78 Å². The van der Waals surface area contributed by atoms with Gasteiger partial charge in [-0.1, -0.05) is 20.8 Å². The Morgan fingerprint density at radius 3 is 2.35 bits per heavy atom. The third-order valence-corrected chi connectivity index (χ3v) is 7.21. The van der Waals surface area contributed by atoms with Crippen LogP contribution in [0.4, 0.5) is 0 Å². The fourth-order valence-electron chi connectivity index (χ4n) is 5.09. The van der Waals surface area contributed by atoms with E-state index in [1.807, 2.05) is 6.92 Å². The van der Waals surface area contributed by atoms with Crippen molar-refractivity contribution in [3.63, 3.8) is 0 Å². The fraction of sp³-hybridized carbons (Fsp3) is 0.944. The van der Waals surface area contributed by atoms with Gasteiger partial charge in [0.1, 0.15) is 11.7 Å². The SMILES string of the molecule is CC1(C)OC[C@H]([C@@H](O)CC(=O)[C@]2(O)C[C@@H]3CC[C@@]2(C)C3(C)C)O1. The van der Waals surface area contributed by atoms with E-state index in [0.717, 1.165) is 12.8 Å². The number of aliphatic hydroxyl groups is 2. The Balaban J connectivity index is 1.72. The molecule has 5 atom stereocenters. The smallest absolute Gasteiger partial charge is 0.167 e. The minimum absolute atomic E-state index is 0.0582. The number of ether oxygens (including phenoxy) is 2. The van der Waals surface area contributed by atoms with Crippen molar-refractivity contribution in [2.75, 3.05) is 6.61 Å². The van der Waals surface area contributed by atoms with Crippen LogP contribution in [0.1, 0.15) is 60.3 Å². The van der Waals surface area contributed by atoms with Crippen LogP contribution in [0.25, 0.3) is 0 Å². The van der Waals surface area contributed by atoms with Gasteiger partial charge >= 0.3 is 0 Å². The van der Waals surface area contributed by atoms with Gasteiger partial charge in [0.2, 0.25) is 0 Å². The second-order valence-electron chi connectivity index (χ2n) is 8.92. The average molecular weight is 326 g/mol. The van der Waals surface area contributed by atoms with Crippen LogP contribution in [0.15, 0.2) is 0 Å². The summed E-state index contributed by atoms with van der Waals surface area (Å²) in [6.45, 7) is 10.2. The summed E-state index contributed by atoms with van der Waals surface area (Å²) in [5.41, 5.74) is -1.82. The highest BCUT2D eigenvalue weighted by Crippen LogP contribution is 2.70. The Kier molecular flexibility index (Phi) is 3.77. The van der Waals surface area contributed by atoms with Gasteiger partial charge in [-0.05, 0) is 44.4 Å². The zero-order valence-corrected chi connectivity index (χ0v) is 14.9. The van der Waals surface area contributed by atoms with E-state index in [1.54, 1.807) is 13.8 Å². The van der Waals surface area contributed by atoms with Crippen LogP contribution in [-0.4, -0.2) is 46.2 Å². The number of hydrogen-bond acceptors (Lipinski definition) is 5. The molecule has 3 rings (SSSR count). The first-order chi connectivity index (χ1) is 10.4. The lowest BCUT2D eigenvalue weighted by Crippen LogP contribution is -2.54. The Morgan fingerprint density at radius 2 is 1.91 bits per heavy atom. The Labute approximate surface area is 138 Å². The second kappa shape index (κ2) is 5.01. The molecule has 5 nitrogen and oxygen atoms in total. The molecule has 1 heterocycles. The van der Waals surface area contributed by atoms with Crippen molar-refractivity contribution in [1.29, 1.82) is 0 Å². The third kappa shape index (κ3) is 2.31. The first-order valence-electron chi connectivity index (χ1n) is 8.68. The van der Waals surface area contributed by atoms with E-state index in [-0.39, 0.29) is 24.2 Å². The molecule has 2 N–H and O–H groups in total. The maximum Gasteiger partial charge on any atom is 0.167 e. The molecule has 132 valence electrons. The zero-order valence-electron chi connectivity index (χ0n) is 14.9. The summed E-state index contributed by atoms with van der Waals surface area (Å²) in [7, 11) is 0. The summed E-state index contributed by atoms with van der Waals surface area (Å²) >= 11 is 0. The molecule has 3 aliphatic rings. The molecular weight excluding hydrogens is 296 g/mol. The lowest BCUT2D eigenvalue weighted by molar-refractivity contribution is -0.165. The molecule has 23 heavy (non-hydrogen) atoms. The van der Waals surface area contributed by atoms with E-state index in [1.165, 1.54) is 0 Å². The molecule has 0 radical (unpaired) electrons. The van der Waals surface area contributed by atoms with Crippen LogP contribution in [0.3, 0.4) is 0 Å². The molecular formula is C18H30O5. The van der Waals surface area contributed by atoms with Gasteiger partial charge in [0.15, 0.2) is 11.6 Å². The first-order valence-corrected chi connectivity index (χ1v) is 8.68. The predicted molar refractivity (Wildman–Crippen MR) is 84.7 cm³/mol. The van der Waals surface area contributed by atoms with E-state index < -0.39 is 29.0 Å². The molecule has 2 saturated carbocycles. The van der Waals surface area contributed by atoms with Crippen LogP contribution in [-0.2, 0) is 14.3 Å². The molecule has 3 fully saturated rings. The van der Waals surface area contributed by atoms with Gasteiger partial charge < -0.3 is 19.7 Å². The zero-order chi connectivity index (χ0) is 17.3. The van der Waals surface area contributed by atoms with Gasteiger partial charge in [-0.2, -0.15) is 0 Å². The Bertz CT molecular complexity index is 514. The maximum absolute atomic E-state index is 12.9. The number of carbonyl (C=O) groups is 1. The molecule has 0 aromatic carbocycles. The standard InChI is InChI=1S/C18H30O5/c1-15(2)11-6-7-17(15,5)18(21,9-11)14(20)8-12(19)13-10-22-16(3,4)23-13/h11-13,19,21H,6-10H2,1-5H3/t11-,12-,13+,17-,18+/m0/s1. The Morgan fingerprint density at radius 1 is 1.26 bits per heavy atom. The molecule has 1 saturated heterocycles. The number of fused-ring (bicyclic) bond motifs is 2. The van der Waals surface area contributed by atoms with Crippen molar-refractivity contribution in [2.24, 2.45) is 16.7 Å². The summed E-state index contributed by atoms with van der Waals surface area (Å²) < 4.78 is 11.1. The van der Waals surface area contributed by atoms with Crippen molar-refractivity contribution in [2.45, 2.75) is 83.9 Å².